The van der Waals surface area contributed by atoms with Crippen molar-refractivity contribution < 1.29 is 13.5 Å². The van der Waals surface area contributed by atoms with E-state index in [1.54, 1.807) is 28.8 Å². The summed E-state index contributed by atoms with van der Waals surface area (Å²) < 4.78 is 28.8. The number of rotatable bonds is 5. The summed E-state index contributed by atoms with van der Waals surface area (Å²) in [5, 5.41) is 10.2. The van der Waals surface area contributed by atoms with Crippen LogP contribution < -0.4 is 0 Å². The van der Waals surface area contributed by atoms with Crippen LogP contribution in [0.15, 0.2) is 72.1 Å². The number of aliphatic hydroxyl groups excluding tert-OH is 1. The molecule has 3 heterocycles. The van der Waals surface area contributed by atoms with Gasteiger partial charge in [-0.1, -0.05) is 42.5 Å². The van der Waals surface area contributed by atoms with E-state index in [0.29, 0.717) is 18.0 Å². The van der Waals surface area contributed by atoms with Gasteiger partial charge in [-0.25, -0.2) is 18.4 Å². The maximum atomic E-state index is 13.6. The molecule has 0 unspecified atom stereocenters. The van der Waals surface area contributed by atoms with E-state index < -0.39 is 10.0 Å². The number of aliphatic hydroxyl groups is 1. The zero-order valence-electron chi connectivity index (χ0n) is 19.3. The first kappa shape index (κ1) is 23.1. The number of hydrogen-bond acceptors (Lipinski definition) is 6. The van der Waals surface area contributed by atoms with Gasteiger partial charge in [0.15, 0.2) is 0 Å². The Labute approximate surface area is 201 Å². The molecule has 2 aromatic carbocycles. The summed E-state index contributed by atoms with van der Waals surface area (Å²) in [6.07, 6.45) is 6.80. The minimum absolute atomic E-state index is 0.00276. The average molecular weight is 479 g/mol. The summed E-state index contributed by atoms with van der Waals surface area (Å²) in [4.78, 5) is 10.9. The van der Waals surface area contributed by atoms with Crippen molar-refractivity contribution in [2.24, 2.45) is 0 Å². The van der Waals surface area contributed by atoms with Gasteiger partial charge in [0.1, 0.15) is 6.33 Å². The van der Waals surface area contributed by atoms with E-state index in [0.717, 1.165) is 41.6 Å². The number of fused-ring (bicyclic) bond motifs is 1. The van der Waals surface area contributed by atoms with Crippen LogP contribution >= 0.6 is 0 Å². The van der Waals surface area contributed by atoms with Crippen LogP contribution in [0.1, 0.15) is 29.9 Å². The molecule has 34 heavy (non-hydrogen) atoms. The molecule has 2 fully saturated rings. The molecule has 0 bridgehead atoms. The molecule has 2 saturated heterocycles. The molecule has 0 amide bonds. The summed E-state index contributed by atoms with van der Waals surface area (Å²) in [6.45, 7) is 3.72. The summed E-state index contributed by atoms with van der Waals surface area (Å²) >= 11 is 0. The highest BCUT2D eigenvalue weighted by Crippen LogP contribution is 2.43. The maximum Gasteiger partial charge on any atom is 0.243 e. The number of nitrogens with zero attached hydrogens (tertiary/aromatic N) is 4. The smallest absolute Gasteiger partial charge is 0.243 e. The molecule has 7 nitrogen and oxygen atoms in total. The molecule has 178 valence electrons. The Hall–Kier alpha value is -2.65. The van der Waals surface area contributed by atoms with Gasteiger partial charge in [0.05, 0.1) is 11.5 Å². The van der Waals surface area contributed by atoms with Crippen LogP contribution in [0.4, 0.5) is 0 Å². The second-order valence-corrected chi connectivity index (χ2v) is 11.1. The van der Waals surface area contributed by atoms with Crippen LogP contribution in [-0.2, 0) is 10.0 Å². The zero-order valence-corrected chi connectivity index (χ0v) is 20.1. The predicted octanol–water partition coefficient (Wildman–Crippen LogP) is 3.07. The first-order valence-corrected chi connectivity index (χ1v) is 13.2. The van der Waals surface area contributed by atoms with E-state index in [9.17, 15) is 13.5 Å². The van der Waals surface area contributed by atoms with E-state index in [1.807, 2.05) is 19.1 Å². The fourth-order valence-corrected chi connectivity index (χ4v) is 7.18. The van der Waals surface area contributed by atoms with Crippen LogP contribution in [0, 0.1) is 6.92 Å². The molecule has 3 aromatic rings. The van der Waals surface area contributed by atoms with Gasteiger partial charge in [0, 0.05) is 49.0 Å². The largest absolute Gasteiger partial charge is 0.395 e. The Morgan fingerprint density at radius 2 is 1.68 bits per heavy atom. The lowest BCUT2D eigenvalue weighted by Crippen LogP contribution is -2.67. The number of aromatic nitrogens is 2. The van der Waals surface area contributed by atoms with E-state index in [4.69, 9.17) is 0 Å². The standard InChI is InChI=1S/C26H30N4O3S/c1-19-6-2-3-7-25(19)34(32,33)29-12-4-5-13-30-23(16-29)26(24(30)17-31)21-10-8-20(9-11-21)22-14-27-18-28-15-22/h2-3,6-11,14-15,18,23-24,26,31H,4-5,12-13,16-17H2,1H3/t23-,24-,26-/m0/s1. The van der Waals surface area contributed by atoms with Crippen LogP contribution in [-0.4, -0.2) is 71.0 Å². The Kier molecular flexibility index (Phi) is 6.48. The van der Waals surface area contributed by atoms with Crippen molar-refractivity contribution in [3.63, 3.8) is 0 Å². The Balaban J connectivity index is 1.44. The van der Waals surface area contributed by atoms with Crippen molar-refractivity contribution >= 4 is 10.0 Å². The van der Waals surface area contributed by atoms with Gasteiger partial charge in [0.25, 0.3) is 0 Å². The minimum Gasteiger partial charge on any atom is -0.395 e. The maximum absolute atomic E-state index is 13.6. The number of benzene rings is 2. The van der Waals surface area contributed by atoms with Crippen LogP contribution in [0.3, 0.4) is 0 Å². The second kappa shape index (κ2) is 9.54. The molecule has 0 spiro atoms. The van der Waals surface area contributed by atoms with Crippen molar-refractivity contribution in [3.05, 3.63) is 78.4 Å². The van der Waals surface area contributed by atoms with Gasteiger partial charge in [-0.3, -0.25) is 4.90 Å². The monoisotopic (exact) mass is 478 g/mol. The topological polar surface area (TPSA) is 86.6 Å². The van der Waals surface area contributed by atoms with E-state index in [-0.39, 0.29) is 24.6 Å². The molecule has 3 atom stereocenters. The highest BCUT2D eigenvalue weighted by molar-refractivity contribution is 7.89. The van der Waals surface area contributed by atoms with Gasteiger partial charge in [-0.15, -0.1) is 0 Å². The minimum atomic E-state index is -3.60. The quantitative estimate of drug-likeness (QED) is 0.607. The number of sulfonamides is 1. The summed E-state index contributed by atoms with van der Waals surface area (Å²) in [6, 6.07) is 15.5. The van der Waals surface area contributed by atoms with E-state index in [1.165, 1.54) is 6.33 Å². The highest BCUT2D eigenvalue weighted by atomic mass is 32.2. The Morgan fingerprint density at radius 1 is 0.971 bits per heavy atom. The number of aryl methyl sites for hydroxylation is 1. The van der Waals surface area contributed by atoms with Crippen molar-refractivity contribution in [3.8, 4) is 11.1 Å². The lowest BCUT2D eigenvalue weighted by atomic mass is 9.74. The second-order valence-electron chi connectivity index (χ2n) is 9.17. The first-order valence-electron chi connectivity index (χ1n) is 11.8. The van der Waals surface area contributed by atoms with Gasteiger partial charge in [0.2, 0.25) is 10.0 Å². The zero-order chi connectivity index (χ0) is 23.7. The third-order valence-corrected chi connectivity index (χ3v) is 9.26. The van der Waals surface area contributed by atoms with Crippen molar-refractivity contribution in [1.29, 1.82) is 0 Å². The van der Waals surface area contributed by atoms with Crippen molar-refractivity contribution in [2.75, 3.05) is 26.2 Å². The average Bonchev–Trinajstić information content (AvgIpc) is 2.84. The fourth-order valence-electron chi connectivity index (χ4n) is 5.46. The van der Waals surface area contributed by atoms with Crippen molar-refractivity contribution in [1.82, 2.24) is 19.2 Å². The highest BCUT2D eigenvalue weighted by Gasteiger charge is 2.50. The van der Waals surface area contributed by atoms with Crippen molar-refractivity contribution in [2.45, 2.75) is 42.7 Å². The summed E-state index contributed by atoms with van der Waals surface area (Å²) in [7, 11) is -3.60. The van der Waals surface area contributed by atoms with E-state index in [2.05, 4.69) is 39.1 Å². The van der Waals surface area contributed by atoms with Crippen LogP contribution in [0.5, 0.6) is 0 Å². The molecular weight excluding hydrogens is 448 g/mol. The molecule has 0 saturated carbocycles. The van der Waals surface area contributed by atoms with Gasteiger partial charge >= 0.3 is 0 Å². The Morgan fingerprint density at radius 3 is 2.38 bits per heavy atom. The summed E-state index contributed by atoms with van der Waals surface area (Å²) in [5.74, 6) is 0.0683. The fraction of sp³-hybridized carbons (Fsp3) is 0.385. The first-order chi connectivity index (χ1) is 16.5. The molecular formula is C26H30N4O3S. The van der Waals surface area contributed by atoms with Gasteiger partial charge < -0.3 is 5.11 Å². The lowest BCUT2D eigenvalue weighted by Gasteiger charge is -2.57. The molecule has 2 aliphatic heterocycles. The third-order valence-electron chi connectivity index (χ3n) is 7.23. The van der Waals surface area contributed by atoms with Gasteiger partial charge in [-0.2, -0.15) is 4.31 Å². The SMILES string of the molecule is Cc1ccccc1S(=O)(=O)N1CCCCN2[C@@H](CO)[C@@H](c3ccc(-c4cncnc4)cc3)[C@@H]2C1. The molecule has 5 rings (SSSR count). The molecule has 1 N–H and O–H groups in total. The molecule has 0 radical (unpaired) electrons. The third kappa shape index (κ3) is 4.15. The van der Waals surface area contributed by atoms with E-state index >= 15 is 0 Å². The molecule has 8 heteroatoms. The number of hydrogen-bond donors (Lipinski definition) is 1. The normalized spacial score (nSPS) is 24.0. The Bertz CT molecular complexity index is 1230. The van der Waals surface area contributed by atoms with Crippen LogP contribution in [0.2, 0.25) is 0 Å². The van der Waals surface area contributed by atoms with Crippen LogP contribution in [0.25, 0.3) is 11.1 Å². The van der Waals surface area contributed by atoms with Gasteiger partial charge in [-0.05, 0) is 49.1 Å². The summed E-state index contributed by atoms with van der Waals surface area (Å²) in [5.41, 5.74) is 3.86. The molecule has 2 aliphatic rings. The lowest BCUT2D eigenvalue weighted by molar-refractivity contribution is -0.0553. The molecule has 1 aromatic heterocycles. The molecule has 0 aliphatic carbocycles. The predicted molar refractivity (Wildman–Crippen MR) is 131 cm³/mol.